The second-order valence-corrected chi connectivity index (χ2v) is 3.71. The summed E-state index contributed by atoms with van der Waals surface area (Å²) in [6, 6.07) is 0.314. The molecule has 14 heavy (non-hydrogen) atoms. The lowest BCUT2D eigenvalue weighted by Gasteiger charge is -2.15. The summed E-state index contributed by atoms with van der Waals surface area (Å²) in [5, 5.41) is 8.87. The van der Waals surface area contributed by atoms with E-state index in [4.69, 9.17) is 9.52 Å². The molecule has 1 aliphatic carbocycles. The standard InChI is InChI=1S/C10H13NO3/c12-10(13)9-11(6-7-14-9)8-4-2-1-3-5-8/h6-8H,1-5H2/p+1. The number of oxazole rings is 1. The fourth-order valence-electron chi connectivity index (χ4n) is 2.10. The fraction of sp³-hybridized carbons (Fsp3) is 0.600. The Balaban J connectivity index is 2.21. The average Bonchev–Trinajstić information content (AvgIpc) is 2.67. The van der Waals surface area contributed by atoms with E-state index in [1.807, 2.05) is 0 Å². The highest BCUT2D eigenvalue weighted by Crippen LogP contribution is 2.24. The number of rotatable bonds is 2. The Morgan fingerprint density at radius 2 is 2.14 bits per heavy atom. The maximum absolute atomic E-state index is 10.8. The summed E-state index contributed by atoms with van der Waals surface area (Å²) in [5.41, 5.74) is 0. The van der Waals surface area contributed by atoms with Gasteiger partial charge in [-0.3, -0.25) is 0 Å². The van der Waals surface area contributed by atoms with Crippen molar-refractivity contribution in [3.8, 4) is 0 Å². The van der Waals surface area contributed by atoms with Crippen LogP contribution in [0, 0.1) is 0 Å². The highest BCUT2D eigenvalue weighted by atomic mass is 16.4. The fourth-order valence-corrected chi connectivity index (χ4v) is 2.10. The molecule has 0 amide bonds. The molecule has 4 nitrogen and oxygen atoms in total. The summed E-state index contributed by atoms with van der Waals surface area (Å²) in [7, 11) is 0. The third kappa shape index (κ3) is 1.64. The lowest BCUT2D eigenvalue weighted by Crippen LogP contribution is -2.43. The van der Waals surface area contributed by atoms with Crippen LogP contribution < -0.4 is 4.57 Å². The molecular formula is C10H14NO3+. The van der Waals surface area contributed by atoms with Crippen LogP contribution in [-0.2, 0) is 0 Å². The number of carbonyl (C=O) groups is 1. The van der Waals surface area contributed by atoms with Crippen LogP contribution in [0.4, 0.5) is 0 Å². The molecule has 1 N–H and O–H groups in total. The molecule has 1 saturated carbocycles. The first-order valence-electron chi connectivity index (χ1n) is 5.01. The molecule has 0 atom stereocenters. The number of aromatic carboxylic acids is 1. The average molecular weight is 196 g/mol. The van der Waals surface area contributed by atoms with E-state index < -0.39 is 5.97 Å². The predicted molar refractivity (Wildman–Crippen MR) is 48.0 cm³/mol. The third-order valence-corrected chi connectivity index (χ3v) is 2.79. The van der Waals surface area contributed by atoms with E-state index in [0.29, 0.717) is 6.04 Å². The molecule has 1 aromatic rings. The molecule has 0 aromatic carbocycles. The highest BCUT2D eigenvalue weighted by molar-refractivity contribution is 5.80. The number of hydrogen-bond donors (Lipinski definition) is 1. The molecule has 0 radical (unpaired) electrons. The van der Waals surface area contributed by atoms with Gasteiger partial charge in [-0.25, -0.2) is 4.79 Å². The zero-order valence-corrected chi connectivity index (χ0v) is 7.98. The number of carboxylic acid groups (broad SMARTS) is 1. The molecule has 1 fully saturated rings. The molecule has 0 aliphatic heterocycles. The summed E-state index contributed by atoms with van der Waals surface area (Å²) in [5.74, 6) is -0.933. The van der Waals surface area contributed by atoms with Gasteiger partial charge >= 0.3 is 11.9 Å². The second kappa shape index (κ2) is 3.82. The predicted octanol–water partition coefficient (Wildman–Crippen LogP) is 1.77. The molecule has 1 aromatic heterocycles. The SMILES string of the molecule is O=C(O)c1occ[n+]1C1CCCCC1. The summed E-state index contributed by atoms with van der Waals surface area (Å²) < 4.78 is 6.69. The number of hydrogen-bond acceptors (Lipinski definition) is 2. The van der Waals surface area contributed by atoms with Crippen molar-refractivity contribution < 1.29 is 18.9 Å². The van der Waals surface area contributed by atoms with E-state index >= 15 is 0 Å². The van der Waals surface area contributed by atoms with Gasteiger partial charge in [0.25, 0.3) is 0 Å². The van der Waals surface area contributed by atoms with Crippen LogP contribution in [-0.4, -0.2) is 11.1 Å². The van der Waals surface area contributed by atoms with Crippen molar-refractivity contribution in [3.05, 3.63) is 18.4 Å². The number of carboxylic acids is 1. The zero-order chi connectivity index (χ0) is 9.97. The Kier molecular flexibility index (Phi) is 2.52. The van der Waals surface area contributed by atoms with E-state index in [1.165, 1.54) is 25.5 Å². The minimum absolute atomic E-state index is 0.0527. The smallest absolute Gasteiger partial charge is 0.461 e. The van der Waals surface area contributed by atoms with Gasteiger partial charge in [0, 0.05) is 12.8 Å². The van der Waals surface area contributed by atoms with Crippen molar-refractivity contribution in [2.45, 2.75) is 38.1 Å². The molecule has 0 bridgehead atoms. The van der Waals surface area contributed by atoms with Gasteiger partial charge in [-0.05, 0) is 12.8 Å². The van der Waals surface area contributed by atoms with Gasteiger partial charge in [0.1, 0.15) is 0 Å². The van der Waals surface area contributed by atoms with Gasteiger partial charge in [0.15, 0.2) is 12.3 Å². The number of aromatic nitrogens is 1. The van der Waals surface area contributed by atoms with Crippen LogP contribution in [0.15, 0.2) is 16.9 Å². The molecule has 2 rings (SSSR count). The molecule has 1 heterocycles. The van der Waals surface area contributed by atoms with Crippen molar-refractivity contribution in [1.29, 1.82) is 0 Å². The van der Waals surface area contributed by atoms with Crippen molar-refractivity contribution in [2.24, 2.45) is 0 Å². The van der Waals surface area contributed by atoms with Gasteiger partial charge in [-0.15, -0.1) is 0 Å². The summed E-state index contributed by atoms with van der Waals surface area (Å²) in [6.07, 6.45) is 8.91. The summed E-state index contributed by atoms with van der Waals surface area (Å²) >= 11 is 0. The Labute approximate surface area is 82.2 Å². The van der Waals surface area contributed by atoms with Crippen LogP contribution in [0.1, 0.15) is 48.8 Å². The first kappa shape index (κ1) is 9.24. The van der Waals surface area contributed by atoms with Crippen molar-refractivity contribution in [3.63, 3.8) is 0 Å². The highest BCUT2D eigenvalue weighted by Gasteiger charge is 2.31. The minimum Gasteiger partial charge on any atom is -0.471 e. The minimum atomic E-state index is -0.986. The van der Waals surface area contributed by atoms with Crippen LogP contribution in [0.2, 0.25) is 0 Å². The van der Waals surface area contributed by atoms with Crippen molar-refractivity contribution >= 4 is 5.97 Å². The van der Waals surface area contributed by atoms with E-state index in [2.05, 4.69) is 0 Å². The van der Waals surface area contributed by atoms with E-state index in [1.54, 1.807) is 10.8 Å². The molecular weight excluding hydrogens is 182 g/mol. The normalized spacial score (nSPS) is 18.3. The van der Waals surface area contributed by atoms with Gasteiger partial charge in [0.05, 0.1) is 0 Å². The lowest BCUT2D eigenvalue weighted by molar-refractivity contribution is -0.730. The topological polar surface area (TPSA) is 54.3 Å². The first-order valence-corrected chi connectivity index (χ1v) is 5.01. The number of nitrogens with zero attached hydrogens (tertiary/aromatic N) is 1. The van der Waals surface area contributed by atoms with Gasteiger partial charge < -0.3 is 9.52 Å². The monoisotopic (exact) mass is 196 g/mol. The third-order valence-electron chi connectivity index (χ3n) is 2.79. The molecule has 0 spiro atoms. The molecule has 0 saturated heterocycles. The molecule has 0 unspecified atom stereocenters. The largest absolute Gasteiger partial charge is 0.471 e. The quantitative estimate of drug-likeness (QED) is 0.733. The maximum atomic E-state index is 10.8. The van der Waals surface area contributed by atoms with Gasteiger partial charge in [-0.1, -0.05) is 6.42 Å². The lowest BCUT2D eigenvalue weighted by atomic mass is 9.95. The van der Waals surface area contributed by atoms with Crippen LogP contribution in [0.3, 0.4) is 0 Å². The summed E-state index contributed by atoms with van der Waals surface area (Å²) in [4.78, 5) is 10.8. The van der Waals surface area contributed by atoms with Crippen LogP contribution in [0.25, 0.3) is 0 Å². The van der Waals surface area contributed by atoms with E-state index in [0.717, 1.165) is 12.8 Å². The van der Waals surface area contributed by atoms with Gasteiger partial charge in [0.2, 0.25) is 6.20 Å². The van der Waals surface area contributed by atoms with Crippen molar-refractivity contribution in [2.75, 3.05) is 0 Å². The van der Waals surface area contributed by atoms with Crippen LogP contribution >= 0.6 is 0 Å². The van der Waals surface area contributed by atoms with E-state index in [-0.39, 0.29) is 5.89 Å². The molecule has 76 valence electrons. The Hall–Kier alpha value is -1.32. The first-order chi connectivity index (χ1) is 6.79. The Morgan fingerprint density at radius 1 is 1.43 bits per heavy atom. The van der Waals surface area contributed by atoms with Gasteiger partial charge in [-0.2, -0.15) is 4.57 Å². The van der Waals surface area contributed by atoms with Crippen LogP contribution in [0.5, 0.6) is 0 Å². The molecule has 1 aliphatic rings. The Bertz CT molecular complexity index is 326. The zero-order valence-electron chi connectivity index (χ0n) is 7.98. The second-order valence-electron chi connectivity index (χ2n) is 3.71. The van der Waals surface area contributed by atoms with Crippen molar-refractivity contribution in [1.82, 2.24) is 0 Å². The summed E-state index contributed by atoms with van der Waals surface area (Å²) in [6.45, 7) is 0. The Morgan fingerprint density at radius 3 is 2.79 bits per heavy atom. The maximum Gasteiger partial charge on any atom is 0.461 e. The molecule has 4 heteroatoms. The van der Waals surface area contributed by atoms with E-state index in [9.17, 15) is 4.79 Å².